The highest BCUT2D eigenvalue weighted by Gasteiger charge is 2.20. The molecule has 1 aromatic heterocycles. The number of aromatic nitrogens is 1. The number of nitrogens with one attached hydrogen (secondary N) is 1. The highest BCUT2D eigenvalue weighted by Crippen LogP contribution is 2.26. The first kappa shape index (κ1) is 13.1. The Morgan fingerprint density at radius 3 is 2.61 bits per heavy atom. The van der Waals surface area contributed by atoms with Crippen LogP contribution in [0, 0.1) is 5.82 Å². The van der Waals surface area contributed by atoms with Gasteiger partial charge < -0.3 is 9.72 Å². The fourth-order valence-electron chi connectivity index (χ4n) is 1.60. The zero-order valence-corrected chi connectivity index (χ0v) is 11.9. The van der Waals surface area contributed by atoms with Crippen LogP contribution in [0.5, 0.6) is 0 Å². The van der Waals surface area contributed by atoms with Crippen molar-refractivity contribution < 1.29 is 13.9 Å². The number of fused-ring (bicyclic) bond motifs is 1. The van der Waals surface area contributed by atoms with Gasteiger partial charge in [0, 0.05) is 9.86 Å². The maximum absolute atomic E-state index is 13.2. The fraction of sp³-hybridized carbons (Fsp3) is 0.308. The lowest BCUT2D eigenvalue weighted by molar-refractivity contribution is 0.00639. The molecule has 0 unspecified atom stereocenters. The second kappa shape index (κ2) is 4.39. The van der Waals surface area contributed by atoms with Crippen molar-refractivity contribution in [1.29, 1.82) is 0 Å². The van der Waals surface area contributed by atoms with Crippen LogP contribution < -0.4 is 0 Å². The molecule has 0 amide bonds. The number of aromatic amines is 1. The average molecular weight is 314 g/mol. The van der Waals surface area contributed by atoms with Crippen LogP contribution in [0.2, 0.25) is 0 Å². The molecule has 2 rings (SSSR count). The molecule has 0 bridgehead atoms. The third-order valence-electron chi connectivity index (χ3n) is 2.27. The highest BCUT2D eigenvalue weighted by molar-refractivity contribution is 9.10. The van der Waals surface area contributed by atoms with Crippen molar-refractivity contribution in [2.24, 2.45) is 0 Å². The number of carbonyl (C=O) groups is 1. The second-order valence-electron chi connectivity index (χ2n) is 5.03. The minimum Gasteiger partial charge on any atom is -0.455 e. The standard InChI is InChI=1S/C13H13BrFNO2/c1-13(2,3)18-12(17)11-6-8-9(14)4-7(15)5-10(8)16-11/h4-6,16H,1-3H3. The summed E-state index contributed by atoms with van der Waals surface area (Å²) in [5, 5.41) is 0.747. The van der Waals surface area contributed by atoms with E-state index >= 15 is 0 Å². The number of ether oxygens (including phenoxy) is 1. The summed E-state index contributed by atoms with van der Waals surface area (Å²) in [5.74, 6) is -0.821. The normalized spacial score (nSPS) is 11.8. The van der Waals surface area contributed by atoms with Gasteiger partial charge >= 0.3 is 5.97 Å². The highest BCUT2D eigenvalue weighted by atomic mass is 79.9. The Hall–Kier alpha value is -1.36. The van der Waals surface area contributed by atoms with Crippen molar-refractivity contribution in [3.05, 3.63) is 34.2 Å². The van der Waals surface area contributed by atoms with Gasteiger partial charge in [0.25, 0.3) is 0 Å². The van der Waals surface area contributed by atoms with Crippen molar-refractivity contribution >= 4 is 32.8 Å². The lowest BCUT2D eigenvalue weighted by atomic mass is 10.2. The molecule has 0 radical (unpaired) electrons. The molecule has 0 aliphatic heterocycles. The minimum absolute atomic E-state index is 0.311. The quantitative estimate of drug-likeness (QED) is 0.808. The molecule has 0 spiro atoms. The van der Waals surface area contributed by atoms with Crippen molar-refractivity contribution in [2.45, 2.75) is 26.4 Å². The van der Waals surface area contributed by atoms with Crippen LogP contribution in [0.4, 0.5) is 4.39 Å². The Kier molecular flexibility index (Phi) is 3.19. The van der Waals surface area contributed by atoms with Gasteiger partial charge in [-0.2, -0.15) is 0 Å². The summed E-state index contributed by atoms with van der Waals surface area (Å²) in [6.07, 6.45) is 0. The monoisotopic (exact) mass is 313 g/mol. The molecule has 0 aliphatic carbocycles. The van der Waals surface area contributed by atoms with E-state index in [9.17, 15) is 9.18 Å². The van der Waals surface area contributed by atoms with E-state index in [1.54, 1.807) is 26.8 Å². The van der Waals surface area contributed by atoms with Crippen molar-refractivity contribution in [2.75, 3.05) is 0 Å². The van der Waals surface area contributed by atoms with E-state index in [0.717, 1.165) is 5.39 Å². The molecule has 1 aromatic carbocycles. The Morgan fingerprint density at radius 2 is 2.00 bits per heavy atom. The smallest absolute Gasteiger partial charge is 0.355 e. The zero-order valence-electron chi connectivity index (χ0n) is 10.3. The molecule has 0 aliphatic rings. The van der Waals surface area contributed by atoms with Crippen LogP contribution in [0.25, 0.3) is 10.9 Å². The Bertz CT molecular complexity index is 613. The number of halogens is 2. The van der Waals surface area contributed by atoms with Crippen LogP contribution >= 0.6 is 15.9 Å². The Labute approximate surface area is 112 Å². The molecule has 1 N–H and O–H groups in total. The van der Waals surface area contributed by atoms with Crippen molar-refractivity contribution in [1.82, 2.24) is 4.98 Å². The van der Waals surface area contributed by atoms with Crippen LogP contribution in [-0.2, 0) is 4.74 Å². The van der Waals surface area contributed by atoms with E-state index in [1.807, 2.05) is 0 Å². The lowest BCUT2D eigenvalue weighted by Crippen LogP contribution is -2.24. The van der Waals surface area contributed by atoms with E-state index in [4.69, 9.17) is 4.74 Å². The van der Waals surface area contributed by atoms with Gasteiger partial charge in [0.2, 0.25) is 0 Å². The van der Waals surface area contributed by atoms with Gasteiger partial charge in [0.05, 0.1) is 5.52 Å². The molecule has 0 saturated carbocycles. The summed E-state index contributed by atoms with van der Waals surface area (Å²) in [4.78, 5) is 14.7. The summed E-state index contributed by atoms with van der Waals surface area (Å²) in [6, 6.07) is 4.34. The summed E-state index contributed by atoms with van der Waals surface area (Å²) < 4.78 is 19.1. The summed E-state index contributed by atoms with van der Waals surface area (Å²) >= 11 is 3.26. The number of esters is 1. The summed E-state index contributed by atoms with van der Waals surface area (Å²) in [7, 11) is 0. The molecule has 5 heteroatoms. The zero-order chi connectivity index (χ0) is 13.5. The number of rotatable bonds is 1. The largest absolute Gasteiger partial charge is 0.455 e. The average Bonchev–Trinajstić information content (AvgIpc) is 2.58. The van der Waals surface area contributed by atoms with Gasteiger partial charge in [-0.3, -0.25) is 0 Å². The van der Waals surface area contributed by atoms with Crippen LogP contribution in [0.3, 0.4) is 0 Å². The number of benzene rings is 1. The molecule has 3 nitrogen and oxygen atoms in total. The van der Waals surface area contributed by atoms with Crippen LogP contribution in [0.1, 0.15) is 31.3 Å². The number of hydrogen-bond acceptors (Lipinski definition) is 2. The topological polar surface area (TPSA) is 42.1 Å². The van der Waals surface area contributed by atoms with Crippen LogP contribution in [0.15, 0.2) is 22.7 Å². The van der Waals surface area contributed by atoms with Gasteiger partial charge in [-0.15, -0.1) is 0 Å². The molecular weight excluding hydrogens is 301 g/mol. The van der Waals surface area contributed by atoms with E-state index in [2.05, 4.69) is 20.9 Å². The third kappa shape index (κ3) is 2.72. The van der Waals surface area contributed by atoms with Crippen LogP contribution in [-0.4, -0.2) is 16.6 Å². The van der Waals surface area contributed by atoms with Crippen molar-refractivity contribution in [3.8, 4) is 0 Å². The number of hydrogen-bond donors (Lipinski definition) is 1. The minimum atomic E-state index is -0.559. The predicted octanol–water partition coefficient (Wildman–Crippen LogP) is 4.02. The first-order chi connectivity index (χ1) is 8.26. The van der Waals surface area contributed by atoms with Gasteiger partial charge in [-0.1, -0.05) is 0 Å². The maximum Gasteiger partial charge on any atom is 0.355 e. The van der Waals surface area contributed by atoms with E-state index in [0.29, 0.717) is 15.7 Å². The predicted molar refractivity (Wildman–Crippen MR) is 71.1 cm³/mol. The van der Waals surface area contributed by atoms with Gasteiger partial charge in [-0.05, 0) is 54.9 Å². The first-order valence-corrected chi connectivity index (χ1v) is 6.27. The SMILES string of the molecule is CC(C)(C)OC(=O)c1cc2c(Br)cc(F)cc2[nH]1. The molecule has 0 saturated heterocycles. The lowest BCUT2D eigenvalue weighted by Gasteiger charge is -2.18. The van der Waals surface area contributed by atoms with E-state index in [-0.39, 0.29) is 5.82 Å². The Balaban J connectivity index is 2.42. The number of carbonyl (C=O) groups excluding carboxylic acids is 1. The molecular formula is C13H13BrFNO2. The van der Waals surface area contributed by atoms with E-state index < -0.39 is 11.6 Å². The Morgan fingerprint density at radius 1 is 1.33 bits per heavy atom. The molecule has 96 valence electrons. The fourth-order valence-corrected chi connectivity index (χ4v) is 2.15. The van der Waals surface area contributed by atoms with Crippen molar-refractivity contribution in [3.63, 3.8) is 0 Å². The molecule has 1 heterocycles. The van der Waals surface area contributed by atoms with Gasteiger partial charge in [-0.25, -0.2) is 9.18 Å². The summed E-state index contributed by atoms with van der Waals surface area (Å²) in [5.41, 5.74) is 0.311. The number of H-pyrrole nitrogens is 1. The summed E-state index contributed by atoms with van der Waals surface area (Å²) in [6.45, 7) is 5.38. The molecule has 0 atom stereocenters. The van der Waals surface area contributed by atoms with Gasteiger partial charge in [0.1, 0.15) is 17.1 Å². The molecule has 18 heavy (non-hydrogen) atoms. The first-order valence-electron chi connectivity index (χ1n) is 5.47. The molecule has 2 aromatic rings. The maximum atomic E-state index is 13.2. The van der Waals surface area contributed by atoms with Gasteiger partial charge in [0.15, 0.2) is 0 Å². The molecule has 0 fully saturated rings. The van der Waals surface area contributed by atoms with E-state index in [1.165, 1.54) is 12.1 Å². The third-order valence-corrected chi connectivity index (χ3v) is 2.93. The second-order valence-corrected chi connectivity index (χ2v) is 5.89.